The summed E-state index contributed by atoms with van der Waals surface area (Å²) in [4.78, 5) is 16.8. The maximum Gasteiger partial charge on any atom is 0.222 e. The number of hydrogen-bond donors (Lipinski definition) is 1. The fourth-order valence-corrected chi connectivity index (χ4v) is 3.14. The van der Waals surface area contributed by atoms with Crippen LogP contribution in [0.4, 0.5) is 0 Å². The van der Waals surface area contributed by atoms with Crippen LogP contribution >= 0.6 is 24.8 Å². The highest BCUT2D eigenvalue weighted by molar-refractivity contribution is 5.85. The Morgan fingerprint density at radius 3 is 2.32 bits per heavy atom. The summed E-state index contributed by atoms with van der Waals surface area (Å²) in [5, 5.41) is 0. The molecule has 1 heterocycles. The second kappa shape index (κ2) is 14.6. The number of likely N-dealkylation sites (tertiary alicyclic amines) is 1. The molecule has 0 aromatic carbocycles. The molecule has 134 valence electrons. The minimum absolute atomic E-state index is 0. The predicted octanol–water partition coefficient (Wildman–Crippen LogP) is 3.07. The van der Waals surface area contributed by atoms with Crippen molar-refractivity contribution >= 4 is 30.7 Å². The Hall–Kier alpha value is -0.0300. The van der Waals surface area contributed by atoms with Crippen molar-refractivity contribution < 1.29 is 4.79 Å². The number of rotatable bonds is 9. The molecule has 2 N–H and O–H groups in total. The number of halogens is 2. The van der Waals surface area contributed by atoms with E-state index in [2.05, 4.69) is 18.7 Å². The molecule has 4 nitrogen and oxygen atoms in total. The summed E-state index contributed by atoms with van der Waals surface area (Å²) in [5.41, 5.74) is 5.79. The van der Waals surface area contributed by atoms with Gasteiger partial charge in [0.1, 0.15) is 0 Å². The molecule has 0 radical (unpaired) electrons. The summed E-state index contributed by atoms with van der Waals surface area (Å²) in [6.45, 7) is 9.31. The number of nitrogens with two attached hydrogens (primary N) is 1. The fourth-order valence-electron chi connectivity index (χ4n) is 3.14. The Morgan fingerprint density at radius 1 is 1.14 bits per heavy atom. The maximum atomic E-state index is 12.3. The van der Waals surface area contributed by atoms with Crippen LogP contribution in [-0.2, 0) is 4.79 Å². The SMILES string of the molecule is CCCN(CCC)CCCC(=O)N1CCCCC1CN.Cl.Cl. The lowest BCUT2D eigenvalue weighted by Crippen LogP contribution is -2.47. The van der Waals surface area contributed by atoms with Gasteiger partial charge >= 0.3 is 0 Å². The largest absolute Gasteiger partial charge is 0.338 e. The number of carbonyl (C=O) groups is 1. The van der Waals surface area contributed by atoms with Crippen LogP contribution in [0.1, 0.15) is 58.8 Å². The molecule has 6 heteroatoms. The molecule has 22 heavy (non-hydrogen) atoms. The third-order valence-electron chi connectivity index (χ3n) is 4.16. The summed E-state index contributed by atoms with van der Waals surface area (Å²) in [7, 11) is 0. The summed E-state index contributed by atoms with van der Waals surface area (Å²) in [6, 6.07) is 0.290. The zero-order chi connectivity index (χ0) is 14.8. The van der Waals surface area contributed by atoms with Crippen molar-refractivity contribution in [2.24, 2.45) is 5.73 Å². The first-order valence-corrected chi connectivity index (χ1v) is 8.44. The van der Waals surface area contributed by atoms with Crippen molar-refractivity contribution in [3.63, 3.8) is 0 Å². The predicted molar refractivity (Wildman–Crippen MR) is 99.2 cm³/mol. The summed E-state index contributed by atoms with van der Waals surface area (Å²) in [5.74, 6) is 0.313. The van der Waals surface area contributed by atoms with Gasteiger partial charge < -0.3 is 15.5 Å². The second-order valence-electron chi connectivity index (χ2n) is 5.92. The van der Waals surface area contributed by atoms with Crippen molar-refractivity contribution in [1.82, 2.24) is 9.80 Å². The van der Waals surface area contributed by atoms with Gasteiger partial charge in [-0.25, -0.2) is 0 Å². The molecule has 0 bridgehead atoms. The van der Waals surface area contributed by atoms with Crippen LogP contribution in [0.3, 0.4) is 0 Å². The highest BCUT2D eigenvalue weighted by atomic mass is 35.5. The van der Waals surface area contributed by atoms with E-state index in [0.29, 0.717) is 24.9 Å². The maximum absolute atomic E-state index is 12.3. The molecule has 1 atom stereocenters. The van der Waals surface area contributed by atoms with Crippen molar-refractivity contribution in [3.05, 3.63) is 0 Å². The number of hydrogen-bond acceptors (Lipinski definition) is 3. The van der Waals surface area contributed by atoms with Gasteiger partial charge in [-0.1, -0.05) is 13.8 Å². The average Bonchev–Trinajstić information content (AvgIpc) is 2.47. The second-order valence-corrected chi connectivity index (χ2v) is 5.92. The van der Waals surface area contributed by atoms with Gasteiger partial charge in [-0.3, -0.25) is 4.79 Å². The standard InChI is InChI=1S/C16H33N3O.2ClH/c1-3-10-18(11-4-2)12-7-9-16(20)19-13-6-5-8-15(19)14-17;;/h15H,3-14,17H2,1-2H3;2*1H. The third kappa shape index (κ3) is 8.56. The molecule has 1 rings (SSSR count). The van der Waals surface area contributed by atoms with E-state index in [-0.39, 0.29) is 24.8 Å². The van der Waals surface area contributed by atoms with E-state index in [4.69, 9.17) is 5.73 Å². The first-order chi connectivity index (χ1) is 9.72. The van der Waals surface area contributed by atoms with E-state index in [9.17, 15) is 4.79 Å². The molecular formula is C16H35Cl2N3O. The van der Waals surface area contributed by atoms with Crippen LogP contribution in [0.5, 0.6) is 0 Å². The number of nitrogens with zero attached hydrogens (tertiary/aromatic N) is 2. The van der Waals surface area contributed by atoms with E-state index in [1.807, 2.05) is 4.90 Å². The van der Waals surface area contributed by atoms with Crippen LogP contribution in [-0.4, -0.2) is 54.5 Å². The molecular weight excluding hydrogens is 321 g/mol. The average molecular weight is 356 g/mol. The van der Waals surface area contributed by atoms with E-state index in [1.54, 1.807) is 0 Å². The first kappa shape index (κ1) is 24.2. The van der Waals surface area contributed by atoms with E-state index < -0.39 is 0 Å². The van der Waals surface area contributed by atoms with Gasteiger partial charge in [-0.05, 0) is 58.2 Å². The summed E-state index contributed by atoms with van der Waals surface area (Å²) < 4.78 is 0. The summed E-state index contributed by atoms with van der Waals surface area (Å²) >= 11 is 0. The van der Waals surface area contributed by atoms with Gasteiger partial charge in [0, 0.05) is 25.6 Å². The van der Waals surface area contributed by atoms with Crippen LogP contribution in [0.2, 0.25) is 0 Å². The third-order valence-corrected chi connectivity index (χ3v) is 4.16. The van der Waals surface area contributed by atoms with Crippen molar-refractivity contribution in [2.45, 2.75) is 64.8 Å². The molecule has 1 aliphatic rings. The minimum atomic E-state index is 0. The van der Waals surface area contributed by atoms with Crippen LogP contribution in [0.15, 0.2) is 0 Å². The normalized spacial score (nSPS) is 17.8. The van der Waals surface area contributed by atoms with E-state index in [1.165, 1.54) is 19.3 Å². The van der Waals surface area contributed by atoms with E-state index >= 15 is 0 Å². The molecule has 0 spiro atoms. The van der Waals surface area contributed by atoms with Gasteiger partial charge in [0.05, 0.1) is 0 Å². The van der Waals surface area contributed by atoms with E-state index in [0.717, 1.165) is 45.4 Å². The number of amides is 1. The van der Waals surface area contributed by atoms with Crippen molar-refractivity contribution in [1.29, 1.82) is 0 Å². The quantitative estimate of drug-likeness (QED) is 0.691. The molecule has 0 aromatic rings. The molecule has 1 aliphatic heterocycles. The molecule has 0 saturated carbocycles. The Morgan fingerprint density at radius 2 is 1.77 bits per heavy atom. The summed E-state index contributed by atoms with van der Waals surface area (Å²) in [6.07, 6.45) is 7.48. The number of carbonyl (C=O) groups excluding carboxylic acids is 1. The Balaban J connectivity index is 0. The lowest BCUT2D eigenvalue weighted by molar-refractivity contribution is -0.134. The fraction of sp³-hybridized carbons (Fsp3) is 0.938. The lowest BCUT2D eigenvalue weighted by atomic mass is 10.0. The molecule has 0 aromatic heterocycles. The zero-order valence-electron chi connectivity index (χ0n) is 14.3. The molecule has 1 amide bonds. The minimum Gasteiger partial charge on any atom is -0.338 e. The van der Waals surface area contributed by atoms with Gasteiger partial charge in [0.2, 0.25) is 5.91 Å². The first-order valence-electron chi connectivity index (χ1n) is 8.44. The molecule has 1 unspecified atom stereocenters. The number of piperidine rings is 1. The van der Waals surface area contributed by atoms with Crippen LogP contribution < -0.4 is 5.73 Å². The highest BCUT2D eigenvalue weighted by Gasteiger charge is 2.24. The lowest BCUT2D eigenvalue weighted by Gasteiger charge is -2.35. The molecule has 1 saturated heterocycles. The van der Waals surface area contributed by atoms with Crippen molar-refractivity contribution in [3.8, 4) is 0 Å². The molecule has 1 fully saturated rings. The monoisotopic (exact) mass is 355 g/mol. The van der Waals surface area contributed by atoms with Gasteiger partial charge in [0.15, 0.2) is 0 Å². The van der Waals surface area contributed by atoms with Gasteiger partial charge in [-0.2, -0.15) is 0 Å². The Bertz CT molecular complexity index is 274. The van der Waals surface area contributed by atoms with Crippen LogP contribution in [0, 0.1) is 0 Å². The molecule has 0 aliphatic carbocycles. The van der Waals surface area contributed by atoms with Gasteiger partial charge in [0.25, 0.3) is 0 Å². The van der Waals surface area contributed by atoms with Crippen molar-refractivity contribution in [2.75, 3.05) is 32.7 Å². The zero-order valence-corrected chi connectivity index (χ0v) is 15.9. The van der Waals surface area contributed by atoms with Crippen LogP contribution in [0.25, 0.3) is 0 Å². The topological polar surface area (TPSA) is 49.6 Å². The highest BCUT2D eigenvalue weighted by Crippen LogP contribution is 2.17. The van der Waals surface area contributed by atoms with Gasteiger partial charge in [-0.15, -0.1) is 24.8 Å². The Labute approximate surface area is 149 Å². The Kier molecular flexibility index (Phi) is 16.0. The smallest absolute Gasteiger partial charge is 0.222 e.